The Kier molecular flexibility index (Phi) is 6.69. The zero-order valence-corrected chi connectivity index (χ0v) is 19.3. The minimum Gasteiger partial charge on any atom is -0.350 e. The van der Waals surface area contributed by atoms with Crippen molar-refractivity contribution >= 4 is 39.9 Å². The number of aromatic nitrogens is 1. The fraction of sp³-hybridized carbons (Fsp3) is 0.250. The first-order valence-corrected chi connectivity index (χ1v) is 11.5. The van der Waals surface area contributed by atoms with Crippen LogP contribution >= 0.6 is 11.3 Å². The van der Waals surface area contributed by atoms with Gasteiger partial charge >= 0.3 is 0 Å². The Bertz CT molecular complexity index is 1250. The number of thiazole rings is 1. The van der Waals surface area contributed by atoms with Gasteiger partial charge in [-0.2, -0.15) is 0 Å². The van der Waals surface area contributed by atoms with Crippen LogP contribution in [-0.4, -0.2) is 29.3 Å². The third-order valence-corrected chi connectivity index (χ3v) is 6.31. The van der Waals surface area contributed by atoms with Gasteiger partial charge in [0.05, 0.1) is 23.3 Å². The van der Waals surface area contributed by atoms with E-state index in [1.165, 1.54) is 24.3 Å². The lowest BCUT2D eigenvalue weighted by molar-refractivity contribution is -0.122. The minimum absolute atomic E-state index is 0.000599. The Morgan fingerprint density at radius 3 is 2.59 bits per heavy atom. The number of rotatable bonds is 6. The molecule has 2 N–H and O–H groups in total. The van der Waals surface area contributed by atoms with E-state index in [1.807, 2.05) is 36.6 Å². The summed E-state index contributed by atoms with van der Waals surface area (Å²) in [7, 11) is 0. The molecule has 0 radical (unpaired) electrons. The molecular formula is C24H22F2N4O3S. The molecule has 1 aromatic heterocycles. The molecule has 1 aliphatic rings. The number of benzene rings is 2. The van der Waals surface area contributed by atoms with Crippen molar-refractivity contribution in [2.45, 2.75) is 26.3 Å². The van der Waals surface area contributed by atoms with Crippen LogP contribution in [0.2, 0.25) is 0 Å². The lowest BCUT2D eigenvalue weighted by Crippen LogP contribution is -2.28. The molecule has 2 heterocycles. The van der Waals surface area contributed by atoms with E-state index in [-0.39, 0.29) is 30.6 Å². The first-order chi connectivity index (χ1) is 16.2. The van der Waals surface area contributed by atoms with Crippen molar-refractivity contribution < 1.29 is 23.2 Å². The maximum atomic E-state index is 14.1. The topological polar surface area (TPSA) is 91.4 Å². The molecule has 1 aliphatic heterocycles. The van der Waals surface area contributed by atoms with Crippen LogP contribution in [0.1, 0.15) is 31.9 Å². The van der Waals surface area contributed by atoms with Crippen molar-refractivity contribution in [1.82, 2.24) is 10.3 Å². The molecule has 34 heavy (non-hydrogen) atoms. The Morgan fingerprint density at radius 1 is 1.18 bits per heavy atom. The average molecular weight is 485 g/mol. The second kappa shape index (κ2) is 9.68. The molecule has 1 saturated heterocycles. The van der Waals surface area contributed by atoms with Gasteiger partial charge in [0.1, 0.15) is 11.6 Å². The zero-order chi connectivity index (χ0) is 24.4. The van der Waals surface area contributed by atoms with Crippen molar-refractivity contribution in [2.24, 2.45) is 5.92 Å². The molecule has 2 atom stereocenters. The van der Waals surface area contributed by atoms with E-state index in [2.05, 4.69) is 15.6 Å². The van der Waals surface area contributed by atoms with E-state index < -0.39 is 29.4 Å². The van der Waals surface area contributed by atoms with Crippen molar-refractivity contribution in [3.05, 3.63) is 65.0 Å². The lowest BCUT2D eigenvalue weighted by Gasteiger charge is -2.17. The molecule has 10 heteroatoms. The van der Waals surface area contributed by atoms with Gasteiger partial charge in [0.25, 0.3) is 0 Å². The third kappa shape index (κ3) is 5.12. The lowest BCUT2D eigenvalue weighted by atomic mass is 10.1. The molecule has 0 aliphatic carbocycles. The highest BCUT2D eigenvalue weighted by molar-refractivity contribution is 7.14. The molecule has 3 amide bonds. The van der Waals surface area contributed by atoms with Gasteiger partial charge in [-0.3, -0.25) is 14.4 Å². The predicted octanol–water partition coefficient (Wildman–Crippen LogP) is 4.28. The second-order valence-corrected chi connectivity index (χ2v) is 8.93. The summed E-state index contributed by atoms with van der Waals surface area (Å²) in [5.41, 5.74) is 2.44. The van der Waals surface area contributed by atoms with E-state index in [0.29, 0.717) is 16.9 Å². The van der Waals surface area contributed by atoms with Gasteiger partial charge in [0, 0.05) is 36.9 Å². The SMILES string of the molecule is CC(=O)NC(C)c1ccc(-c2csc(NC(=O)C3CC(=O)N(c4ccc(F)cc4F)C3)n2)cc1. The minimum atomic E-state index is -0.850. The summed E-state index contributed by atoms with van der Waals surface area (Å²) in [5.74, 6) is -3.17. The van der Waals surface area contributed by atoms with Crippen molar-refractivity contribution in [3.8, 4) is 11.3 Å². The molecule has 7 nitrogen and oxygen atoms in total. The number of carbonyl (C=O) groups is 3. The van der Waals surface area contributed by atoms with Gasteiger partial charge < -0.3 is 15.5 Å². The van der Waals surface area contributed by atoms with Gasteiger partial charge in [-0.25, -0.2) is 13.8 Å². The van der Waals surface area contributed by atoms with Crippen LogP contribution in [0.25, 0.3) is 11.3 Å². The van der Waals surface area contributed by atoms with Gasteiger partial charge in [-0.15, -0.1) is 11.3 Å². The van der Waals surface area contributed by atoms with Gasteiger partial charge in [0.15, 0.2) is 5.13 Å². The van der Waals surface area contributed by atoms with Crippen LogP contribution < -0.4 is 15.5 Å². The smallest absolute Gasteiger partial charge is 0.231 e. The first kappa shape index (κ1) is 23.5. The summed E-state index contributed by atoms with van der Waals surface area (Å²) < 4.78 is 27.3. The summed E-state index contributed by atoms with van der Waals surface area (Å²) in [6, 6.07) is 10.4. The highest BCUT2D eigenvalue weighted by Gasteiger charge is 2.36. The molecule has 0 bridgehead atoms. The summed E-state index contributed by atoms with van der Waals surface area (Å²) in [6.07, 6.45) is -0.0746. The van der Waals surface area contributed by atoms with Crippen molar-refractivity contribution in [1.29, 1.82) is 0 Å². The summed E-state index contributed by atoms with van der Waals surface area (Å²) in [5, 5.41) is 7.75. The van der Waals surface area contributed by atoms with E-state index in [0.717, 1.165) is 22.1 Å². The maximum absolute atomic E-state index is 14.1. The van der Waals surface area contributed by atoms with Crippen LogP contribution in [0.5, 0.6) is 0 Å². The van der Waals surface area contributed by atoms with Crippen LogP contribution in [0.15, 0.2) is 47.8 Å². The van der Waals surface area contributed by atoms with Crippen LogP contribution in [0, 0.1) is 17.6 Å². The number of nitrogens with one attached hydrogen (secondary N) is 2. The molecule has 2 aromatic carbocycles. The standard InChI is InChI=1S/C24H22F2N4O3S/c1-13(27-14(2)31)15-3-5-16(6-4-15)20-12-34-24(28-20)29-23(33)17-9-22(32)30(11-17)21-8-7-18(25)10-19(21)26/h3-8,10,12-13,17H,9,11H2,1-2H3,(H,27,31)(H,28,29,33). The third-order valence-electron chi connectivity index (χ3n) is 5.56. The maximum Gasteiger partial charge on any atom is 0.231 e. The number of hydrogen-bond acceptors (Lipinski definition) is 5. The molecule has 176 valence electrons. The summed E-state index contributed by atoms with van der Waals surface area (Å²) >= 11 is 1.25. The molecule has 2 unspecified atom stereocenters. The number of carbonyl (C=O) groups excluding carboxylic acids is 3. The molecule has 3 aromatic rings. The Labute approximate surface area is 198 Å². The fourth-order valence-electron chi connectivity index (χ4n) is 3.82. The van der Waals surface area contributed by atoms with Crippen LogP contribution in [0.3, 0.4) is 0 Å². The van der Waals surface area contributed by atoms with E-state index in [9.17, 15) is 23.2 Å². The average Bonchev–Trinajstić information content (AvgIpc) is 3.40. The van der Waals surface area contributed by atoms with Gasteiger partial charge in [0.2, 0.25) is 17.7 Å². The number of amides is 3. The van der Waals surface area contributed by atoms with Crippen LogP contribution in [-0.2, 0) is 14.4 Å². The molecule has 0 spiro atoms. The van der Waals surface area contributed by atoms with Crippen molar-refractivity contribution in [3.63, 3.8) is 0 Å². The number of halogens is 2. The normalized spacial score (nSPS) is 16.4. The number of nitrogens with zero attached hydrogens (tertiary/aromatic N) is 2. The Balaban J connectivity index is 1.40. The van der Waals surface area contributed by atoms with E-state index >= 15 is 0 Å². The number of hydrogen-bond donors (Lipinski definition) is 2. The van der Waals surface area contributed by atoms with Crippen LogP contribution in [0.4, 0.5) is 19.6 Å². The highest BCUT2D eigenvalue weighted by Crippen LogP contribution is 2.30. The predicted molar refractivity (Wildman–Crippen MR) is 125 cm³/mol. The molecule has 1 fully saturated rings. The largest absolute Gasteiger partial charge is 0.350 e. The molecule has 4 rings (SSSR count). The Morgan fingerprint density at radius 2 is 1.91 bits per heavy atom. The number of anilines is 2. The molecule has 0 saturated carbocycles. The van der Waals surface area contributed by atoms with E-state index in [1.54, 1.807) is 0 Å². The Hall–Kier alpha value is -3.66. The van der Waals surface area contributed by atoms with E-state index in [4.69, 9.17) is 0 Å². The van der Waals surface area contributed by atoms with Crippen molar-refractivity contribution in [2.75, 3.05) is 16.8 Å². The molecular weight excluding hydrogens is 462 g/mol. The summed E-state index contributed by atoms with van der Waals surface area (Å²) in [6.45, 7) is 3.36. The van der Waals surface area contributed by atoms with Gasteiger partial charge in [-0.05, 0) is 24.6 Å². The fourth-order valence-corrected chi connectivity index (χ4v) is 4.54. The second-order valence-electron chi connectivity index (χ2n) is 8.07. The van der Waals surface area contributed by atoms with Gasteiger partial charge in [-0.1, -0.05) is 24.3 Å². The quantitative estimate of drug-likeness (QED) is 0.547. The summed E-state index contributed by atoms with van der Waals surface area (Å²) in [4.78, 5) is 41.9. The highest BCUT2D eigenvalue weighted by atomic mass is 32.1. The zero-order valence-electron chi connectivity index (χ0n) is 18.5. The first-order valence-electron chi connectivity index (χ1n) is 10.6. The monoisotopic (exact) mass is 484 g/mol.